The molecule has 0 saturated heterocycles. The maximum absolute atomic E-state index is 11.6. The van der Waals surface area contributed by atoms with E-state index in [-0.39, 0.29) is 11.9 Å². The number of esters is 1. The van der Waals surface area contributed by atoms with Gasteiger partial charge in [-0.1, -0.05) is 18.2 Å². The van der Waals surface area contributed by atoms with Crippen molar-refractivity contribution in [1.29, 1.82) is 0 Å². The lowest BCUT2D eigenvalue weighted by atomic mass is 10.2. The van der Waals surface area contributed by atoms with Gasteiger partial charge in [0.05, 0.1) is 12.9 Å². The van der Waals surface area contributed by atoms with Crippen LogP contribution >= 0.6 is 11.8 Å². The number of hydrogen-bond donors (Lipinski definition) is 1. The number of nitrogens with one attached hydrogen (secondary N) is 1. The topological polar surface area (TPSA) is 55.4 Å². The molecule has 1 amide bonds. The smallest absolute Gasteiger partial charge is 0.305 e. The minimum Gasteiger partial charge on any atom is -0.469 e. The SMILES string of the molecule is COC(=O)CCCNC(=O)CSc1ccccc1C. The molecule has 0 spiro atoms. The third-order valence-electron chi connectivity index (χ3n) is 2.56. The van der Waals surface area contributed by atoms with Crippen LogP contribution in [0, 0.1) is 6.92 Å². The van der Waals surface area contributed by atoms with E-state index in [0.717, 1.165) is 4.90 Å². The molecule has 0 aliphatic heterocycles. The molecule has 0 radical (unpaired) electrons. The largest absolute Gasteiger partial charge is 0.469 e. The Kier molecular flexibility index (Phi) is 7.03. The molecule has 0 bridgehead atoms. The van der Waals surface area contributed by atoms with Crippen molar-refractivity contribution in [2.45, 2.75) is 24.7 Å². The molecular weight excluding hydrogens is 262 g/mol. The normalized spacial score (nSPS) is 10.0. The number of aryl methyl sites for hydroxylation is 1. The summed E-state index contributed by atoms with van der Waals surface area (Å²) in [6.07, 6.45) is 0.940. The molecule has 19 heavy (non-hydrogen) atoms. The summed E-state index contributed by atoms with van der Waals surface area (Å²) in [5, 5.41) is 2.78. The maximum Gasteiger partial charge on any atom is 0.305 e. The highest BCUT2D eigenvalue weighted by Gasteiger charge is 2.05. The Labute approximate surface area is 117 Å². The van der Waals surface area contributed by atoms with E-state index < -0.39 is 0 Å². The van der Waals surface area contributed by atoms with E-state index in [2.05, 4.69) is 10.1 Å². The van der Waals surface area contributed by atoms with Crippen molar-refractivity contribution >= 4 is 23.6 Å². The highest BCUT2D eigenvalue weighted by molar-refractivity contribution is 8.00. The molecule has 0 heterocycles. The molecule has 0 saturated carbocycles. The highest BCUT2D eigenvalue weighted by atomic mass is 32.2. The highest BCUT2D eigenvalue weighted by Crippen LogP contribution is 2.21. The molecule has 0 aliphatic carbocycles. The van der Waals surface area contributed by atoms with Crippen molar-refractivity contribution in [3.8, 4) is 0 Å². The van der Waals surface area contributed by atoms with E-state index >= 15 is 0 Å². The Morgan fingerprint density at radius 3 is 2.74 bits per heavy atom. The first kappa shape index (κ1) is 15.6. The molecule has 0 fully saturated rings. The monoisotopic (exact) mass is 281 g/mol. The summed E-state index contributed by atoms with van der Waals surface area (Å²) in [6, 6.07) is 7.97. The van der Waals surface area contributed by atoms with Gasteiger partial charge in [0.2, 0.25) is 5.91 Å². The molecule has 0 atom stereocenters. The molecule has 5 heteroatoms. The zero-order valence-corrected chi connectivity index (χ0v) is 12.1. The number of benzene rings is 1. The van der Waals surface area contributed by atoms with Crippen molar-refractivity contribution in [1.82, 2.24) is 5.32 Å². The van der Waals surface area contributed by atoms with Crippen LogP contribution in [0.4, 0.5) is 0 Å². The number of amides is 1. The molecule has 0 unspecified atom stereocenters. The number of rotatable bonds is 7. The summed E-state index contributed by atoms with van der Waals surface area (Å²) in [4.78, 5) is 23.6. The van der Waals surface area contributed by atoms with Crippen LogP contribution in [0.5, 0.6) is 0 Å². The second-order valence-electron chi connectivity index (χ2n) is 4.08. The minimum absolute atomic E-state index is 0.0156. The van der Waals surface area contributed by atoms with Crippen molar-refractivity contribution in [3.05, 3.63) is 29.8 Å². The van der Waals surface area contributed by atoms with Gasteiger partial charge in [-0.25, -0.2) is 0 Å². The van der Waals surface area contributed by atoms with E-state index in [4.69, 9.17) is 0 Å². The average molecular weight is 281 g/mol. The van der Waals surface area contributed by atoms with E-state index in [1.54, 1.807) is 0 Å². The Bertz CT molecular complexity index is 434. The van der Waals surface area contributed by atoms with Crippen molar-refractivity contribution in [3.63, 3.8) is 0 Å². The third-order valence-corrected chi connectivity index (χ3v) is 3.74. The van der Waals surface area contributed by atoms with Crippen molar-refractivity contribution < 1.29 is 14.3 Å². The van der Waals surface area contributed by atoms with Gasteiger partial charge in [0, 0.05) is 17.9 Å². The molecule has 0 aliphatic rings. The average Bonchev–Trinajstić information content (AvgIpc) is 2.42. The lowest BCUT2D eigenvalue weighted by molar-refractivity contribution is -0.140. The molecule has 4 nitrogen and oxygen atoms in total. The van der Waals surface area contributed by atoms with Crippen LogP contribution in [-0.2, 0) is 14.3 Å². The second kappa shape index (κ2) is 8.58. The van der Waals surface area contributed by atoms with Crippen LogP contribution in [0.15, 0.2) is 29.2 Å². The lowest BCUT2D eigenvalue weighted by Gasteiger charge is -2.06. The Balaban J connectivity index is 2.18. The number of hydrogen-bond acceptors (Lipinski definition) is 4. The second-order valence-corrected chi connectivity index (χ2v) is 5.10. The third kappa shape index (κ3) is 6.29. The fourth-order valence-corrected chi connectivity index (χ4v) is 2.33. The number of ether oxygens (including phenoxy) is 1. The first-order chi connectivity index (χ1) is 9.13. The quantitative estimate of drug-likeness (QED) is 0.473. The Morgan fingerprint density at radius 2 is 2.05 bits per heavy atom. The zero-order chi connectivity index (χ0) is 14.1. The summed E-state index contributed by atoms with van der Waals surface area (Å²) in [5.74, 6) is 0.130. The minimum atomic E-state index is -0.247. The van der Waals surface area contributed by atoms with Crippen LogP contribution < -0.4 is 5.32 Å². The summed E-state index contributed by atoms with van der Waals surface area (Å²) in [5.41, 5.74) is 1.17. The fraction of sp³-hybridized carbons (Fsp3) is 0.429. The van der Waals surface area contributed by atoms with Crippen LogP contribution in [-0.4, -0.2) is 31.3 Å². The fourth-order valence-electron chi connectivity index (χ4n) is 1.48. The Hall–Kier alpha value is -1.49. The van der Waals surface area contributed by atoms with Crippen molar-refractivity contribution in [2.24, 2.45) is 0 Å². The summed E-state index contributed by atoms with van der Waals surface area (Å²) >= 11 is 1.52. The van der Waals surface area contributed by atoms with Gasteiger partial charge in [0.15, 0.2) is 0 Å². The van der Waals surface area contributed by atoms with E-state index in [1.807, 2.05) is 31.2 Å². The van der Waals surface area contributed by atoms with Gasteiger partial charge in [-0.3, -0.25) is 9.59 Å². The molecule has 0 aromatic heterocycles. The number of methoxy groups -OCH3 is 1. The van der Waals surface area contributed by atoms with E-state index in [9.17, 15) is 9.59 Å². The van der Waals surface area contributed by atoms with Crippen LogP contribution in [0.2, 0.25) is 0 Å². The van der Waals surface area contributed by atoms with Crippen LogP contribution in [0.3, 0.4) is 0 Å². The number of carbonyl (C=O) groups excluding carboxylic acids is 2. The van der Waals surface area contributed by atoms with Crippen molar-refractivity contribution in [2.75, 3.05) is 19.4 Å². The Morgan fingerprint density at radius 1 is 1.32 bits per heavy atom. The number of thioether (sulfide) groups is 1. The molecule has 104 valence electrons. The molecule has 1 rings (SSSR count). The first-order valence-electron chi connectivity index (χ1n) is 6.15. The first-order valence-corrected chi connectivity index (χ1v) is 7.14. The van der Waals surface area contributed by atoms with Gasteiger partial charge in [-0.2, -0.15) is 0 Å². The molecular formula is C14H19NO3S. The van der Waals surface area contributed by atoms with Gasteiger partial charge in [0.1, 0.15) is 0 Å². The number of carbonyl (C=O) groups is 2. The standard InChI is InChI=1S/C14H19NO3S/c1-11-6-3-4-7-12(11)19-10-13(16)15-9-5-8-14(17)18-2/h3-4,6-7H,5,8-10H2,1-2H3,(H,15,16). The van der Waals surface area contributed by atoms with Gasteiger partial charge in [-0.15, -0.1) is 11.8 Å². The van der Waals surface area contributed by atoms with Gasteiger partial charge in [-0.05, 0) is 25.0 Å². The summed E-state index contributed by atoms with van der Waals surface area (Å²) in [6.45, 7) is 2.53. The maximum atomic E-state index is 11.6. The van der Waals surface area contributed by atoms with E-state index in [0.29, 0.717) is 25.1 Å². The summed E-state index contributed by atoms with van der Waals surface area (Å²) < 4.78 is 4.52. The van der Waals surface area contributed by atoms with Crippen LogP contribution in [0.25, 0.3) is 0 Å². The van der Waals surface area contributed by atoms with Crippen LogP contribution in [0.1, 0.15) is 18.4 Å². The molecule has 1 aromatic rings. The lowest BCUT2D eigenvalue weighted by Crippen LogP contribution is -2.26. The predicted molar refractivity (Wildman–Crippen MR) is 76.2 cm³/mol. The predicted octanol–water partition coefficient (Wildman–Crippen LogP) is 2.16. The van der Waals surface area contributed by atoms with Gasteiger partial charge < -0.3 is 10.1 Å². The molecule has 1 aromatic carbocycles. The molecule has 1 N–H and O–H groups in total. The van der Waals surface area contributed by atoms with E-state index in [1.165, 1.54) is 24.4 Å². The van der Waals surface area contributed by atoms with Gasteiger partial charge in [0.25, 0.3) is 0 Å². The summed E-state index contributed by atoms with van der Waals surface area (Å²) in [7, 11) is 1.36. The van der Waals surface area contributed by atoms with Gasteiger partial charge >= 0.3 is 5.97 Å². The zero-order valence-electron chi connectivity index (χ0n) is 11.3.